The number of carbonyl (C=O) groups is 1. The van der Waals surface area contributed by atoms with E-state index in [1.54, 1.807) is 31.4 Å². The minimum absolute atomic E-state index is 0.187. The molecule has 6 heteroatoms. The summed E-state index contributed by atoms with van der Waals surface area (Å²) in [5.74, 6) is 0.742. The third-order valence-corrected chi connectivity index (χ3v) is 2.59. The summed E-state index contributed by atoms with van der Waals surface area (Å²) in [5, 5.41) is 3.80. The normalized spacial score (nSPS) is 9.59. The zero-order valence-electron chi connectivity index (χ0n) is 9.24. The molecule has 0 bridgehead atoms. The first-order valence-corrected chi connectivity index (χ1v) is 5.90. The Balaban J connectivity index is 2.66. The maximum Gasteiger partial charge on any atom is 0.271 e. The highest BCUT2D eigenvalue weighted by Crippen LogP contribution is 2.10. The van der Waals surface area contributed by atoms with Crippen molar-refractivity contribution in [3.63, 3.8) is 0 Å². The maximum atomic E-state index is 11.6. The van der Waals surface area contributed by atoms with Crippen LogP contribution in [0.25, 0.3) is 0 Å². The van der Waals surface area contributed by atoms with Crippen LogP contribution in [0.15, 0.2) is 29.4 Å². The number of alkyl halides is 2. The smallest absolute Gasteiger partial charge is 0.271 e. The molecular formula is C11H12Cl2N2O2. The summed E-state index contributed by atoms with van der Waals surface area (Å²) < 4.78 is 4.99. The lowest BCUT2D eigenvalue weighted by molar-refractivity contribution is 0.0955. The first kappa shape index (κ1) is 13.8. The third kappa shape index (κ3) is 4.24. The molecule has 4 nitrogen and oxygen atoms in total. The van der Waals surface area contributed by atoms with E-state index in [1.165, 1.54) is 0 Å². The first-order valence-electron chi connectivity index (χ1n) is 4.83. The molecule has 1 aromatic rings. The van der Waals surface area contributed by atoms with Gasteiger partial charge in [-0.2, -0.15) is 5.10 Å². The monoisotopic (exact) mass is 274 g/mol. The summed E-state index contributed by atoms with van der Waals surface area (Å²) in [5.41, 5.74) is 3.37. The zero-order valence-corrected chi connectivity index (χ0v) is 10.8. The van der Waals surface area contributed by atoms with E-state index in [4.69, 9.17) is 27.9 Å². The summed E-state index contributed by atoms with van der Waals surface area (Å²) in [7, 11) is 1.56. The van der Waals surface area contributed by atoms with Gasteiger partial charge in [0.1, 0.15) is 5.75 Å². The molecule has 0 saturated heterocycles. The van der Waals surface area contributed by atoms with Gasteiger partial charge < -0.3 is 4.74 Å². The molecular weight excluding hydrogens is 263 g/mol. The fourth-order valence-corrected chi connectivity index (χ4v) is 1.44. The maximum absolute atomic E-state index is 11.6. The number of benzene rings is 1. The first-order chi connectivity index (χ1) is 8.21. The van der Waals surface area contributed by atoms with Crippen LogP contribution in [0.4, 0.5) is 0 Å². The number of hydrogen-bond acceptors (Lipinski definition) is 3. The van der Waals surface area contributed by atoms with Crippen LogP contribution in [0.1, 0.15) is 10.4 Å². The topological polar surface area (TPSA) is 50.7 Å². The SMILES string of the molecule is COc1ccc(C(=O)NN=C(CCl)CCl)cc1. The van der Waals surface area contributed by atoms with E-state index in [0.29, 0.717) is 17.0 Å². The standard InChI is InChI=1S/C11H12Cl2N2O2/c1-17-10-4-2-8(3-5-10)11(16)15-14-9(6-12)7-13/h2-5H,6-7H2,1H3,(H,15,16). The molecule has 1 rings (SSSR count). The Kier molecular flexibility index (Phi) is 5.80. The summed E-state index contributed by atoms with van der Waals surface area (Å²) in [6.07, 6.45) is 0. The number of amides is 1. The van der Waals surface area contributed by atoms with Crippen LogP contribution in [0, 0.1) is 0 Å². The van der Waals surface area contributed by atoms with E-state index < -0.39 is 0 Å². The van der Waals surface area contributed by atoms with E-state index in [2.05, 4.69) is 10.5 Å². The van der Waals surface area contributed by atoms with Gasteiger partial charge in [0.2, 0.25) is 0 Å². The number of carbonyl (C=O) groups excluding carboxylic acids is 1. The molecule has 0 aliphatic rings. The molecule has 0 atom stereocenters. The summed E-state index contributed by atoms with van der Waals surface area (Å²) in [4.78, 5) is 11.6. The van der Waals surface area contributed by atoms with Crippen LogP contribution in [-0.2, 0) is 0 Å². The number of nitrogens with one attached hydrogen (secondary N) is 1. The molecule has 0 radical (unpaired) electrons. The molecule has 0 saturated carbocycles. The molecule has 0 aromatic heterocycles. The fraction of sp³-hybridized carbons (Fsp3) is 0.273. The second-order valence-electron chi connectivity index (χ2n) is 3.11. The van der Waals surface area contributed by atoms with Gasteiger partial charge in [0, 0.05) is 5.56 Å². The van der Waals surface area contributed by atoms with Gasteiger partial charge >= 0.3 is 0 Å². The molecule has 1 N–H and O–H groups in total. The van der Waals surface area contributed by atoms with Crippen molar-refractivity contribution in [3.8, 4) is 5.75 Å². The minimum atomic E-state index is -0.319. The van der Waals surface area contributed by atoms with Crippen LogP contribution < -0.4 is 10.2 Å². The van der Waals surface area contributed by atoms with E-state index in [0.717, 1.165) is 0 Å². The summed E-state index contributed by atoms with van der Waals surface area (Å²) in [6, 6.07) is 6.68. The van der Waals surface area contributed by atoms with Gasteiger partial charge in [0.05, 0.1) is 24.6 Å². The molecule has 17 heavy (non-hydrogen) atoms. The minimum Gasteiger partial charge on any atom is -0.497 e. The Bertz CT molecular complexity index is 398. The van der Waals surface area contributed by atoms with E-state index in [-0.39, 0.29) is 17.7 Å². The Morgan fingerprint density at radius 3 is 2.35 bits per heavy atom. The van der Waals surface area contributed by atoms with Crippen molar-refractivity contribution in [1.29, 1.82) is 0 Å². The molecule has 0 heterocycles. The number of rotatable bonds is 5. The lowest BCUT2D eigenvalue weighted by atomic mass is 10.2. The van der Waals surface area contributed by atoms with E-state index in [9.17, 15) is 4.79 Å². The number of ether oxygens (including phenoxy) is 1. The average molecular weight is 275 g/mol. The molecule has 0 fully saturated rings. The number of methoxy groups -OCH3 is 1. The van der Waals surface area contributed by atoms with Crippen LogP contribution in [0.2, 0.25) is 0 Å². The van der Waals surface area contributed by atoms with E-state index in [1.807, 2.05) is 0 Å². The van der Waals surface area contributed by atoms with Crippen LogP contribution in [0.3, 0.4) is 0 Å². The molecule has 0 aliphatic heterocycles. The van der Waals surface area contributed by atoms with Crippen molar-refractivity contribution < 1.29 is 9.53 Å². The molecule has 0 spiro atoms. The van der Waals surface area contributed by atoms with Crippen molar-refractivity contribution in [3.05, 3.63) is 29.8 Å². The van der Waals surface area contributed by atoms with Gasteiger partial charge in [-0.3, -0.25) is 4.79 Å². The molecule has 92 valence electrons. The highest BCUT2D eigenvalue weighted by atomic mass is 35.5. The third-order valence-electron chi connectivity index (χ3n) is 1.98. The number of halogens is 2. The molecule has 1 aromatic carbocycles. The van der Waals surface area contributed by atoms with Crippen LogP contribution in [-0.4, -0.2) is 30.5 Å². The van der Waals surface area contributed by atoms with Crippen molar-refractivity contribution in [2.45, 2.75) is 0 Å². The van der Waals surface area contributed by atoms with Gasteiger partial charge in [0.15, 0.2) is 0 Å². The van der Waals surface area contributed by atoms with Gasteiger partial charge in [-0.1, -0.05) is 0 Å². The highest BCUT2D eigenvalue weighted by molar-refractivity contribution is 6.37. The quantitative estimate of drug-likeness (QED) is 0.509. The number of nitrogens with zero attached hydrogens (tertiary/aromatic N) is 1. The van der Waals surface area contributed by atoms with Gasteiger partial charge in [-0.15, -0.1) is 23.2 Å². The molecule has 0 aliphatic carbocycles. The average Bonchev–Trinajstić information content (AvgIpc) is 2.39. The van der Waals surface area contributed by atoms with Crippen LogP contribution >= 0.6 is 23.2 Å². The Labute approximate surface area is 110 Å². The van der Waals surface area contributed by atoms with Crippen molar-refractivity contribution in [2.24, 2.45) is 5.10 Å². The van der Waals surface area contributed by atoms with E-state index >= 15 is 0 Å². The van der Waals surface area contributed by atoms with Gasteiger partial charge in [0.25, 0.3) is 5.91 Å². The predicted octanol–water partition coefficient (Wildman–Crippen LogP) is 2.26. The van der Waals surface area contributed by atoms with Crippen molar-refractivity contribution >= 4 is 34.8 Å². The molecule has 1 amide bonds. The predicted molar refractivity (Wildman–Crippen MR) is 69.3 cm³/mol. The number of hydrogen-bond donors (Lipinski definition) is 1. The number of hydrazone groups is 1. The van der Waals surface area contributed by atoms with Crippen molar-refractivity contribution in [2.75, 3.05) is 18.9 Å². The highest BCUT2D eigenvalue weighted by Gasteiger charge is 2.04. The summed E-state index contributed by atoms with van der Waals surface area (Å²) in [6.45, 7) is 0. The summed E-state index contributed by atoms with van der Waals surface area (Å²) >= 11 is 11.1. The van der Waals surface area contributed by atoms with Gasteiger partial charge in [-0.25, -0.2) is 5.43 Å². The largest absolute Gasteiger partial charge is 0.497 e. The Morgan fingerprint density at radius 1 is 1.29 bits per heavy atom. The van der Waals surface area contributed by atoms with Crippen LogP contribution in [0.5, 0.6) is 5.75 Å². The fourth-order valence-electron chi connectivity index (χ4n) is 1.03. The Hall–Kier alpha value is -1.26. The Morgan fingerprint density at radius 2 is 1.88 bits per heavy atom. The second kappa shape index (κ2) is 7.14. The second-order valence-corrected chi connectivity index (χ2v) is 3.65. The lowest BCUT2D eigenvalue weighted by Crippen LogP contribution is -2.20. The van der Waals surface area contributed by atoms with Gasteiger partial charge in [-0.05, 0) is 24.3 Å². The van der Waals surface area contributed by atoms with Crippen molar-refractivity contribution in [1.82, 2.24) is 5.43 Å². The lowest BCUT2D eigenvalue weighted by Gasteiger charge is -2.03. The zero-order chi connectivity index (χ0) is 12.7. The molecule has 0 unspecified atom stereocenters.